The molecule has 1 aromatic carbocycles. The van der Waals surface area contributed by atoms with E-state index in [2.05, 4.69) is 20.5 Å². The third-order valence-corrected chi connectivity index (χ3v) is 4.64. The Balaban J connectivity index is 1.64. The predicted molar refractivity (Wildman–Crippen MR) is 118 cm³/mol. The number of halogens is 1. The molecule has 0 bridgehead atoms. The summed E-state index contributed by atoms with van der Waals surface area (Å²) in [6.45, 7) is 0.155. The Morgan fingerprint density at radius 2 is 2.03 bits per heavy atom. The predicted octanol–water partition coefficient (Wildman–Crippen LogP) is 2.22. The summed E-state index contributed by atoms with van der Waals surface area (Å²) in [6.07, 6.45) is 4.29. The van der Waals surface area contributed by atoms with Crippen molar-refractivity contribution in [2.45, 2.75) is 6.54 Å². The van der Waals surface area contributed by atoms with Crippen molar-refractivity contribution in [1.82, 2.24) is 19.1 Å². The monoisotopic (exact) mass is 453 g/mol. The van der Waals surface area contributed by atoms with E-state index in [1.165, 1.54) is 58.8 Å². The van der Waals surface area contributed by atoms with Crippen molar-refractivity contribution in [3.63, 3.8) is 0 Å². The van der Waals surface area contributed by atoms with Gasteiger partial charge in [-0.2, -0.15) is 10.1 Å². The molecule has 0 aliphatic rings. The number of nitrogens with one attached hydrogen (secondary N) is 2. The highest BCUT2D eigenvalue weighted by molar-refractivity contribution is 5.79. The molecule has 4 aromatic rings. The second-order valence-corrected chi connectivity index (χ2v) is 6.82. The number of nitrogens with zero attached hydrogens (tertiary/aromatic N) is 5. The van der Waals surface area contributed by atoms with Gasteiger partial charge in [0.05, 0.1) is 12.6 Å². The Hall–Kier alpha value is -4.81. The van der Waals surface area contributed by atoms with Crippen molar-refractivity contribution in [3.05, 3.63) is 90.6 Å². The Labute approximate surface area is 183 Å². The zero-order valence-electron chi connectivity index (χ0n) is 17.1. The number of anilines is 1. The van der Waals surface area contributed by atoms with Crippen LogP contribution in [0.1, 0.15) is 11.3 Å². The maximum absolute atomic E-state index is 13.3. The number of hydrogen-bond acceptors (Lipinski definition) is 8. The Morgan fingerprint density at radius 1 is 1.27 bits per heavy atom. The van der Waals surface area contributed by atoms with Gasteiger partial charge in [0.1, 0.15) is 16.5 Å². The highest BCUT2D eigenvalue weighted by Crippen LogP contribution is 2.18. The average molecular weight is 453 g/mol. The number of fused-ring (bicyclic) bond motifs is 1. The van der Waals surface area contributed by atoms with Gasteiger partial charge in [0.15, 0.2) is 11.2 Å². The van der Waals surface area contributed by atoms with E-state index in [-0.39, 0.29) is 35.3 Å². The third kappa shape index (κ3) is 4.46. The van der Waals surface area contributed by atoms with Crippen LogP contribution in [-0.2, 0) is 13.6 Å². The largest absolute Gasteiger partial charge is 0.433 e. The summed E-state index contributed by atoms with van der Waals surface area (Å²) >= 11 is 0. The summed E-state index contributed by atoms with van der Waals surface area (Å²) in [5, 5.41) is 14.7. The van der Waals surface area contributed by atoms with Gasteiger partial charge in [-0.05, 0) is 35.9 Å². The molecule has 168 valence electrons. The second kappa shape index (κ2) is 8.74. The molecule has 3 heterocycles. The number of aromatic nitrogens is 4. The second-order valence-electron chi connectivity index (χ2n) is 6.82. The quantitative estimate of drug-likeness (QED) is 0.247. The number of imidazole rings is 1. The molecule has 0 spiro atoms. The fraction of sp³-hybridized carbons (Fsp3) is 0.100. The third-order valence-electron chi connectivity index (χ3n) is 4.64. The molecule has 3 aromatic heterocycles. The number of benzene rings is 1. The van der Waals surface area contributed by atoms with E-state index in [0.29, 0.717) is 5.56 Å². The zero-order valence-corrected chi connectivity index (χ0v) is 17.1. The molecule has 12 nitrogen and oxygen atoms in total. The van der Waals surface area contributed by atoms with E-state index in [4.69, 9.17) is 4.42 Å². The molecule has 0 amide bonds. The summed E-state index contributed by atoms with van der Waals surface area (Å²) in [5.41, 5.74) is 2.43. The van der Waals surface area contributed by atoms with Crippen LogP contribution >= 0.6 is 0 Å². The highest BCUT2D eigenvalue weighted by Gasteiger charge is 2.17. The SMILES string of the molecule is Cn1c(=O)[nH]c(=O)c2c1nc(N/N=C/C=C/c1ccc([N+](=O)[O-])o1)n2Cc1ccc(F)cc1. The number of hydrazone groups is 1. The lowest BCUT2D eigenvalue weighted by Crippen LogP contribution is -2.29. The first-order valence-corrected chi connectivity index (χ1v) is 9.47. The lowest BCUT2D eigenvalue weighted by atomic mass is 10.2. The van der Waals surface area contributed by atoms with Crippen LogP contribution in [0.4, 0.5) is 16.2 Å². The summed E-state index contributed by atoms with van der Waals surface area (Å²) < 4.78 is 21.0. The Kier molecular flexibility index (Phi) is 5.67. The number of nitro groups is 1. The minimum atomic E-state index is -0.645. The standard InChI is InChI=1S/C20H16FN7O5/c1-26-17-16(18(29)24-20(26)30)27(11-12-4-6-13(21)7-5-12)19(23-17)25-22-10-2-3-14-8-9-15(33-14)28(31)32/h2-10H,11H2,1H3,(H,23,25)(H,24,29,30)/b3-2+,22-10+. The summed E-state index contributed by atoms with van der Waals surface area (Å²) in [6, 6.07) is 8.39. The molecule has 0 aliphatic heterocycles. The van der Waals surface area contributed by atoms with Crippen molar-refractivity contribution >= 4 is 35.3 Å². The van der Waals surface area contributed by atoms with Gasteiger partial charge in [-0.1, -0.05) is 12.1 Å². The zero-order chi connectivity index (χ0) is 23.5. The molecular weight excluding hydrogens is 437 g/mol. The van der Waals surface area contributed by atoms with Crippen LogP contribution in [0, 0.1) is 15.9 Å². The molecule has 13 heteroatoms. The van der Waals surface area contributed by atoms with Crippen molar-refractivity contribution in [2.75, 3.05) is 5.43 Å². The molecule has 33 heavy (non-hydrogen) atoms. The van der Waals surface area contributed by atoms with Crippen LogP contribution in [0.3, 0.4) is 0 Å². The molecular formula is C20H16FN7O5. The van der Waals surface area contributed by atoms with Gasteiger partial charge < -0.3 is 4.42 Å². The Bertz CT molecular complexity index is 1510. The van der Waals surface area contributed by atoms with Gasteiger partial charge in [-0.25, -0.2) is 14.6 Å². The summed E-state index contributed by atoms with van der Waals surface area (Å²) in [5.74, 6) is -0.348. The van der Waals surface area contributed by atoms with Crippen LogP contribution in [0.2, 0.25) is 0 Å². The molecule has 2 N–H and O–H groups in total. The Morgan fingerprint density at radius 3 is 2.73 bits per heavy atom. The van der Waals surface area contributed by atoms with E-state index in [9.17, 15) is 24.1 Å². The number of aromatic amines is 1. The van der Waals surface area contributed by atoms with Crippen LogP contribution in [0.25, 0.3) is 17.2 Å². The number of rotatable bonds is 7. The summed E-state index contributed by atoms with van der Waals surface area (Å²) in [4.78, 5) is 41.0. The molecule has 0 saturated carbocycles. The fourth-order valence-electron chi connectivity index (χ4n) is 3.05. The van der Waals surface area contributed by atoms with Crippen molar-refractivity contribution in [2.24, 2.45) is 12.1 Å². The van der Waals surface area contributed by atoms with Gasteiger partial charge in [0, 0.05) is 13.3 Å². The van der Waals surface area contributed by atoms with Crippen molar-refractivity contribution < 1.29 is 13.7 Å². The first-order valence-electron chi connectivity index (χ1n) is 9.47. The minimum absolute atomic E-state index is 0.137. The molecule has 0 unspecified atom stereocenters. The fourth-order valence-corrected chi connectivity index (χ4v) is 3.05. The van der Waals surface area contributed by atoms with Gasteiger partial charge >= 0.3 is 11.6 Å². The van der Waals surface area contributed by atoms with Crippen LogP contribution in [-0.4, -0.2) is 30.2 Å². The van der Waals surface area contributed by atoms with E-state index in [1.807, 2.05) is 0 Å². The molecule has 0 saturated heterocycles. The minimum Gasteiger partial charge on any atom is -0.401 e. The molecule has 0 aliphatic carbocycles. The number of aryl methyl sites for hydroxylation is 1. The van der Waals surface area contributed by atoms with Gasteiger partial charge in [0.2, 0.25) is 5.95 Å². The van der Waals surface area contributed by atoms with E-state index < -0.39 is 22.0 Å². The van der Waals surface area contributed by atoms with E-state index in [1.54, 1.807) is 12.1 Å². The average Bonchev–Trinajstić information content (AvgIpc) is 3.39. The number of furan rings is 1. The smallest absolute Gasteiger partial charge is 0.401 e. The normalized spacial score (nSPS) is 11.7. The number of H-pyrrole nitrogens is 1. The topological polar surface area (TPSA) is 153 Å². The van der Waals surface area contributed by atoms with Crippen LogP contribution in [0.5, 0.6) is 0 Å². The van der Waals surface area contributed by atoms with Gasteiger partial charge in [0.25, 0.3) is 5.56 Å². The molecule has 0 atom stereocenters. The lowest BCUT2D eigenvalue weighted by molar-refractivity contribution is -0.402. The number of hydrogen-bond donors (Lipinski definition) is 2. The van der Waals surface area contributed by atoms with E-state index in [0.717, 1.165) is 0 Å². The van der Waals surface area contributed by atoms with Crippen molar-refractivity contribution in [3.8, 4) is 0 Å². The highest BCUT2D eigenvalue weighted by atomic mass is 19.1. The lowest BCUT2D eigenvalue weighted by Gasteiger charge is -2.08. The summed E-state index contributed by atoms with van der Waals surface area (Å²) in [7, 11) is 1.47. The molecule has 0 fully saturated rings. The molecule has 0 radical (unpaired) electrons. The van der Waals surface area contributed by atoms with Gasteiger partial charge in [-0.15, -0.1) is 0 Å². The first kappa shape index (κ1) is 21.4. The van der Waals surface area contributed by atoms with Crippen LogP contribution < -0.4 is 16.7 Å². The number of allylic oxidation sites excluding steroid dienone is 1. The van der Waals surface area contributed by atoms with Crippen LogP contribution in [0.15, 0.2) is 61.6 Å². The maximum Gasteiger partial charge on any atom is 0.433 e. The maximum atomic E-state index is 13.3. The van der Waals surface area contributed by atoms with E-state index >= 15 is 0 Å². The van der Waals surface area contributed by atoms with Crippen molar-refractivity contribution in [1.29, 1.82) is 0 Å². The molecule has 4 rings (SSSR count). The van der Waals surface area contributed by atoms with Gasteiger partial charge in [-0.3, -0.25) is 29.0 Å². The first-order chi connectivity index (χ1) is 15.8.